The van der Waals surface area contributed by atoms with Crippen molar-refractivity contribution in [2.45, 2.75) is 39.7 Å². The molecule has 0 saturated heterocycles. The Morgan fingerprint density at radius 1 is 1.45 bits per heavy atom. The standard InChI is InChI=1S/C14H19N5O/c1-9(2)19-10(3)7-12(17-19)14(20)18-6-4-5-11-13(18)8-15-16-11/h7-9H,4-6H2,1-3H3,(H,15,16). The molecule has 0 bridgehead atoms. The summed E-state index contributed by atoms with van der Waals surface area (Å²) in [5.41, 5.74) is 3.43. The number of rotatable bonds is 2. The van der Waals surface area contributed by atoms with Gasteiger partial charge in [-0.05, 0) is 39.7 Å². The number of carbonyl (C=O) groups is 1. The first-order valence-electron chi connectivity index (χ1n) is 6.98. The molecule has 2 aromatic rings. The first-order valence-corrected chi connectivity index (χ1v) is 6.98. The smallest absolute Gasteiger partial charge is 0.278 e. The lowest BCUT2D eigenvalue weighted by atomic mass is 10.1. The van der Waals surface area contributed by atoms with E-state index in [1.807, 2.05) is 17.7 Å². The topological polar surface area (TPSA) is 66.8 Å². The average molecular weight is 273 g/mol. The summed E-state index contributed by atoms with van der Waals surface area (Å²) >= 11 is 0. The zero-order valence-electron chi connectivity index (χ0n) is 12.1. The van der Waals surface area contributed by atoms with Crippen LogP contribution in [-0.2, 0) is 6.42 Å². The van der Waals surface area contributed by atoms with Gasteiger partial charge < -0.3 is 4.90 Å². The molecule has 6 heteroatoms. The maximum Gasteiger partial charge on any atom is 0.278 e. The second-order valence-corrected chi connectivity index (χ2v) is 5.50. The molecule has 1 aliphatic rings. The summed E-state index contributed by atoms with van der Waals surface area (Å²) in [6.45, 7) is 6.81. The van der Waals surface area contributed by atoms with Crippen molar-refractivity contribution >= 4 is 11.6 Å². The van der Waals surface area contributed by atoms with Gasteiger partial charge in [-0.25, -0.2) is 0 Å². The Labute approximate surface area is 117 Å². The maximum atomic E-state index is 12.7. The van der Waals surface area contributed by atoms with Crippen LogP contribution < -0.4 is 4.90 Å². The van der Waals surface area contributed by atoms with Crippen molar-refractivity contribution in [3.8, 4) is 0 Å². The normalized spacial score (nSPS) is 14.7. The zero-order chi connectivity index (χ0) is 14.3. The van der Waals surface area contributed by atoms with Crippen LogP contribution in [0.5, 0.6) is 0 Å². The Bertz CT molecular complexity index is 640. The molecule has 3 heterocycles. The van der Waals surface area contributed by atoms with E-state index in [4.69, 9.17) is 0 Å². The van der Waals surface area contributed by atoms with Crippen molar-refractivity contribution in [2.24, 2.45) is 0 Å². The minimum atomic E-state index is -0.0464. The van der Waals surface area contributed by atoms with Crippen molar-refractivity contribution in [1.82, 2.24) is 20.0 Å². The second-order valence-electron chi connectivity index (χ2n) is 5.50. The summed E-state index contributed by atoms with van der Waals surface area (Å²) in [4.78, 5) is 14.4. The first kappa shape index (κ1) is 12.9. The average Bonchev–Trinajstić information content (AvgIpc) is 3.03. The van der Waals surface area contributed by atoms with Gasteiger partial charge in [0.05, 0.1) is 17.6 Å². The van der Waals surface area contributed by atoms with Gasteiger partial charge in [0.2, 0.25) is 0 Å². The molecule has 0 spiro atoms. The minimum Gasteiger partial charge on any atom is -0.304 e. The molecule has 106 valence electrons. The summed E-state index contributed by atoms with van der Waals surface area (Å²) in [7, 11) is 0. The molecule has 0 unspecified atom stereocenters. The van der Waals surface area contributed by atoms with Crippen molar-refractivity contribution < 1.29 is 4.79 Å². The van der Waals surface area contributed by atoms with Crippen LogP contribution in [0.3, 0.4) is 0 Å². The van der Waals surface area contributed by atoms with E-state index in [2.05, 4.69) is 29.1 Å². The van der Waals surface area contributed by atoms with E-state index < -0.39 is 0 Å². The highest BCUT2D eigenvalue weighted by Crippen LogP contribution is 2.26. The molecule has 0 fully saturated rings. The van der Waals surface area contributed by atoms with E-state index in [1.54, 1.807) is 11.1 Å². The van der Waals surface area contributed by atoms with E-state index in [1.165, 1.54) is 0 Å². The van der Waals surface area contributed by atoms with Gasteiger partial charge in [0.1, 0.15) is 0 Å². The number of anilines is 1. The number of fused-ring (bicyclic) bond motifs is 1. The number of hydrogen-bond acceptors (Lipinski definition) is 3. The van der Waals surface area contributed by atoms with Gasteiger partial charge in [-0.2, -0.15) is 10.2 Å². The fraction of sp³-hybridized carbons (Fsp3) is 0.500. The Kier molecular flexibility index (Phi) is 3.08. The first-order chi connectivity index (χ1) is 9.58. The Morgan fingerprint density at radius 3 is 2.95 bits per heavy atom. The number of nitrogens with one attached hydrogen (secondary N) is 1. The number of aryl methyl sites for hydroxylation is 2. The van der Waals surface area contributed by atoms with Gasteiger partial charge >= 0.3 is 0 Å². The molecule has 3 rings (SSSR count). The lowest BCUT2D eigenvalue weighted by Crippen LogP contribution is -2.35. The van der Waals surface area contributed by atoms with Crippen molar-refractivity contribution in [1.29, 1.82) is 0 Å². The Hall–Kier alpha value is -2.11. The summed E-state index contributed by atoms with van der Waals surface area (Å²) < 4.78 is 1.88. The lowest BCUT2D eigenvalue weighted by Gasteiger charge is -2.25. The number of hydrogen-bond donors (Lipinski definition) is 1. The van der Waals surface area contributed by atoms with Crippen LogP contribution >= 0.6 is 0 Å². The van der Waals surface area contributed by atoms with Gasteiger partial charge in [-0.3, -0.25) is 14.6 Å². The molecular weight excluding hydrogens is 254 g/mol. The third-order valence-electron chi connectivity index (χ3n) is 3.67. The van der Waals surface area contributed by atoms with Gasteiger partial charge in [-0.15, -0.1) is 0 Å². The van der Waals surface area contributed by atoms with Crippen LogP contribution in [0.2, 0.25) is 0 Å². The summed E-state index contributed by atoms with van der Waals surface area (Å²) in [5, 5.41) is 11.4. The minimum absolute atomic E-state index is 0.0464. The van der Waals surface area contributed by atoms with E-state index in [-0.39, 0.29) is 11.9 Å². The summed E-state index contributed by atoms with van der Waals surface area (Å²) in [6.07, 6.45) is 3.61. The molecule has 1 amide bonds. The molecule has 0 aliphatic carbocycles. The van der Waals surface area contributed by atoms with Crippen LogP contribution in [0.1, 0.15) is 48.2 Å². The van der Waals surface area contributed by atoms with Crippen LogP contribution in [0.4, 0.5) is 5.69 Å². The van der Waals surface area contributed by atoms with Gasteiger partial charge in [0.25, 0.3) is 5.91 Å². The van der Waals surface area contributed by atoms with Crippen molar-refractivity contribution in [2.75, 3.05) is 11.4 Å². The van der Waals surface area contributed by atoms with Gasteiger partial charge in [-0.1, -0.05) is 0 Å². The SMILES string of the molecule is Cc1cc(C(=O)N2CCCc3[nH]ncc32)nn1C(C)C. The second kappa shape index (κ2) is 4.77. The molecule has 2 aromatic heterocycles. The van der Waals surface area contributed by atoms with Crippen molar-refractivity contribution in [3.05, 3.63) is 29.3 Å². The fourth-order valence-electron chi connectivity index (χ4n) is 2.72. The highest BCUT2D eigenvalue weighted by Gasteiger charge is 2.27. The van der Waals surface area contributed by atoms with Crippen molar-refractivity contribution in [3.63, 3.8) is 0 Å². The maximum absolute atomic E-state index is 12.7. The Balaban J connectivity index is 1.93. The highest BCUT2D eigenvalue weighted by molar-refractivity contribution is 6.05. The predicted octanol–water partition coefficient (Wildman–Crippen LogP) is 2.09. The number of carbonyl (C=O) groups excluding carboxylic acids is 1. The van der Waals surface area contributed by atoms with E-state index >= 15 is 0 Å². The lowest BCUT2D eigenvalue weighted by molar-refractivity contribution is 0.0979. The molecule has 1 aliphatic heterocycles. The third-order valence-corrected chi connectivity index (χ3v) is 3.67. The highest BCUT2D eigenvalue weighted by atomic mass is 16.2. The molecule has 1 N–H and O–H groups in total. The zero-order valence-corrected chi connectivity index (χ0v) is 12.1. The molecule has 0 atom stereocenters. The quantitative estimate of drug-likeness (QED) is 0.911. The number of aromatic amines is 1. The molecular formula is C14H19N5O. The number of amides is 1. The summed E-state index contributed by atoms with van der Waals surface area (Å²) in [5.74, 6) is -0.0464. The monoisotopic (exact) mass is 273 g/mol. The molecule has 6 nitrogen and oxygen atoms in total. The van der Waals surface area contributed by atoms with E-state index in [9.17, 15) is 4.79 Å². The summed E-state index contributed by atoms with van der Waals surface area (Å²) in [6, 6.07) is 2.11. The molecule has 0 saturated carbocycles. The predicted molar refractivity (Wildman–Crippen MR) is 75.9 cm³/mol. The van der Waals surface area contributed by atoms with Gasteiger partial charge in [0, 0.05) is 18.3 Å². The van der Waals surface area contributed by atoms with Crippen LogP contribution in [-0.4, -0.2) is 32.4 Å². The number of H-pyrrole nitrogens is 1. The fourth-order valence-corrected chi connectivity index (χ4v) is 2.72. The molecule has 0 aromatic carbocycles. The van der Waals surface area contributed by atoms with Gasteiger partial charge in [0.15, 0.2) is 5.69 Å². The molecule has 20 heavy (non-hydrogen) atoms. The van der Waals surface area contributed by atoms with E-state index in [0.29, 0.717) is 5.69 Å². The number of nitrogens with zero attached hydrogens (tertiary/aromatic N) is 4. The van der Waals surface area contributed by atoms with Crippen LogP contribution in [0.15, 0.2) is 12.3 Å². The van der Waals surface area contributed by atoms with Crippen LogP contribution in [0.25, 0.3) is 0 Å². The Morgan fingerprint density at radius 2 is 2.25 bits per heavy atom. The third kappa shape index (κ3) is 2.01. The van der Waals surface area contributed by atoms with Crippen LogP contribution in [0, 0.1) is 6.92 Å². The molecule has 0 radical (unpaired) electrons. The number of aromatic nitrogens is 4. The van der Waals surface area contributed by atoms with E-state index in [0.717, 1.165) is 36.5 Å². The largest absolute Gasteiger partial charge is 0.304 e.